The van der Waals surface area contributed by atoms with Crippen molar-refractivity contribution in [2.75, 3.05) is 0 Å². The van der Waals surface area contributed by atoms with Crippen LogP contribution in [0.3, 0.4) is 0 Å². The van der Waals surface area contributed by atoms with Gasteiger partial charge in [0.1, 0.15) is 0 Å². The number of halogens is 1. The Hall–Kier alpha value is -3.88. The maximum Gasteiger partial charge on any atom is 0.207 e. The van der Waals surface area contributed by atoms with Crippen LogP contribution in [-0.2, 0) is 6.54 Å². The van der Waals surface area contributed by atoms with Crippen molar-refractivity contribution in [2.24, 2.45) is 0 Å². The molecule has 2 aromatic heterocycles. The molecular formula is C26H20ClN5. The van der Waals surface area contributed by atoms with Crippen LogP contribution in [0.15, 0.2) is 66.9 Å². The number of rotatable bonds is 3. The van der Waals surface area contributed by atoms with E-state index in [0.717, 1.165) is 44.3 Å². The maximum absolute atomic E-state index is 9.46. The van der Waals surface area contributed by atoms with Gasteiger partial charge >= 0.3 is 0 Å². The van der Waals surface area contributed by atoms with Gasteiger partial charge in [-0.15, -0.1) is 0 Å². The number of nitriles is 1. The van der Waals surface area contributed by atoms with Gasteiger partial charge in [0, 0.05) is 17.0 Å². The van der Waals surface area contributed by atoms with Gasteiger partial charge in [-0.05, 0) is 66.9 Å². The fourth-order valence-electron chi connectivity index (χ4n) is 4.24. The van der Waals surface area contributed by atoms with Crippen LogP contribution in [0.25, 0.3) is 38.8 Å². The predicted molar refractivity (Wildman–Crippen MR) is 128 cm³/mol. The summed E-state index contributed by atoms with van der Waals surface area (Å²) in [4.78, 5) is 4.68. The molecule has 156 valence electrons. The van der Waals surface area contributed by atoms with E-state index in [9.17, 15) is 5.26 Å². The van der Waals surface area contributed by atoms with Gasteiger partial charge in [-0.3, -0.25) is 15.0 Å². The normalized spacial score (nSPS) is 11.2. The maximum atomic E-state index is 9.46. The van der Waals surface area contributed by atoms with E-state index in [4.69, 9.17) is 17.0 Å². The molecule has 6 heteroatoms. The number of imidazole rings is 1. The Morgan fingerprint density at radius 1 is 1.03 bits per heavy atom. The second-order valence-corrected chi connectivity index (χ2v) is 8.18. The first-order chi connectivity index (χ1) is 15.5. The lowest BCUT2D eigenvalue weighted by Gasteiger charge is -2.11. The van der Waals surface area contributed by atoms with E-state index in [-0.39, 0.29) is 0 Å². The van der Waals surface area contributed by atoms with Crippen molar-refractivity contribution in [1.29, 1.82) is 10.7 Å². The molecular weight excluding hydrogens is 418 g/mol. The first-order valence-electron chi connectivity index (χ1n) is 10.4. The molecule has 0 spiro atoms. The molecule has 5 aromatic rings. The molecule has 0 saturated heterocycles. The largest absolute Gasteiger partial charge is 0.309 e. The van der Waals surface area contributed by atoms with Gasteiger partial charge in [0.2, 0.25) is 5.62 Å². The van der Waals surface area contributed by atoms with E-state index in [1.165, 1.54) is 0 Å². The first kappa shape index (κ1) is 20.0. The van der Waals surface area contributed by atoms with E-state index in [0.29, 0.717) is 22.7 Å². The lowest BCUT2D eigenvalue weighted by atomic mass is 10.0. The van der Waals surface area contributed by atoms with Crippen LogP contribution in [0.1, 0.15) is 18.1 Å². The predicted octanol–water partition coefficient (Wildman–Crippen LogP) is 5.98. The minimum absolute atomic E-state index is 0.354. The summed E-state index contributed by atoms with van der Waals surface area (Å²) >= 11 is 6.08. The van der Waals surface area contributed by atoms with E-state index < -0.39 is 0 Å². The number of benzene rings is 3. The zero-order valence-electron chi connectivity index (χ0n) is 17.7. The molecule has 0 fully saturated rings. The Kier molecular flexibility index (Phi) is 4.80. The average molecular weight is 438 g/mol. The number of nitrogens with one attached hydrogen (secondary N) is 1. The van der Waals surface area contributed by atoms with Gasteiger partial charge in [0.15, 0.2) is 0 Å². The van der Waals surface area contributed by atoms with Crippen molar-refractivity contribution in [3.05, 3.63) is 88.6 Å². The number of aromatic nitrogens is 3. The minimum Gasteiger partial charge on any atom is -0.309 e. The average Bonchev–Trinajstić information content (AvgIpc) is 3.11. The molecule has 0 amide bonds. The minimum atomic E-state index is 0.354. The van der Waals surface area contributed by atoms with Gasteiger partial charge < -0.3 is 4.57 Å². The number of hydrogen-bond donors (Lipinski definition) is 1. The number of aryl methyl sites for hydroxylation is 2. The Bertz CT molecular complexity index is 1600. The molecule has 0 aliphatic heterocycles. The molecule has 3 aromatic carbocycles. The van der Waals surface area contributed by atoms with Gasteiger partial charge in [0.25, 0.3) is 0 Å². The molecule has 2 heterocycles. The SMILES string of the molecule is CCn1c(=N)n(-c2cc(C#N)ccc2C)c2c3cc(-c4ccc(Cl)cc4)ccc3ncc21. The highest BCUT2D eigenvalue weighted by Gasteiger charge is 2.17. The smallest absolute Gasteiger partial charge is 0.207 e. The van der Waals surface area contributed by atoms with Crippen LogP contribution in [0.4, 0.5) is 0 Å². The molecule has 32 heavy (non-hydrogen) atoms. The summed E-state index contributed by atoms with van der Waals surface area (Å²) in [5, 5.41) is 20.1. The van der Waals surface area contributed by atoms with Crippen molar-refractivity contribution in [3.63, 3.8) is 0 Å². The van der Waals surface area contributed by atoms with Crippen molar-refractivity contribution in [2.45, 2.75) is 20.4 Å². The van der Waals surface area contributed by atoms with Crippen molar-refractivity contribution in [1.82, 2.24) is 14.1 Å². The second-order valence-electron chi connectivity index (χ2n) is 7.75. The van der Waals surface area contributed by atoms with Crippen LogP contribution in [0.2, 0.25) is 5.02 Å². The van der Waals surface area contributed by atoms with Gasteiger partial charge in [0.05, 0.1) is 40.1 Å². The van der Waals surface area contributed by atoms with Crippen LogP contribution >= 0.6 is 11.6 Å². The molecule has 5 rings (SSSR count). The summed E-state index contributed by atoms with van der Waals surface area (Å²) in [6, 6.07) is 21.7. The standard InChI is InChI=1S/C26H20ClN5/c1-3-31-24-15-30-22-11-8-19(18-6-9-20(27)10-7-18)13-21(22)25(24)32(26(31)29)23-12-17(14-28)5-4-16(23)2/h4-13,15,29H,3H2,1-2H3. The zero-order chi connectivity index (χ0) is 22.4. The highest BCUT2D eigenvalue weighted by Crippen LogP contribution is 2.31. The summed E-state index contributed by atoms with van der Waals surface area (Å²) < 4.78 is 3.87. The van der Waals surface area contributed by atoms with Crippen molar-refractivity contribution >= 4 is 33.5 Å². The quantitative estimate of drug-likeness (QED) is 0.377. The van der Waals surface area contributed by atoms with Crippen molar-refractivity contribution in [3.8, 4) is 22.9 Å². The first-order valence-corrected chi connectivity index (χ1v) is 10.7. The number of nitrogens with zero attached hydrogens (tertiary/aromatic N) is 4. The van der Waals surface area contributed by atoms with Crippen molar-refractivity contribution < 1.29 is 0 Å². The van der Waals surface area contributed by atoms with Crippen LogP contribution in [-0.4, -0.2) is 14.1 Å². The Labute approximate surface area is 190 Å². The Morgan fingerprint density at radius 3 is 2.50 bits per heavy atom. The Morgan fingerprint density at radius 2 is 1.78 bits per heavy atom. The third-order valence-corrected chi connectivity index (χ3v) is 6.13. The molecule has 1 N–H and O–H groups in total. The van der Waals surface area contributed by atoms with Gasteiger partial charge in [-0.25, -0.2) is 0 Å². The summed E-state index contributed by atoms with van der Waals surface area (Å²) in [7, 11) is 0. The third-order valence-electron chi connectivity index (χ3n) is 5.88. The monoisotopic (exact) mass is 437 g/mol. The topological polar surface area (TPSA) is 70.4 Å². The molecule has 5 nitrogen and oxygen atoms in total. The molecule has 0 bridgehead atoms. The second kappa shape index (κ2) is 7.67. The Balaban J connectivity index is 1.91. The fraction of sp³-hybridized carbons (Fsp3) is 0.115. The number of pyridine rings is 1. The van der Waals surface area contributed by atoms with Gasteiger partial charge in [-0.2, -0.15) is 5.26 Å². The van der Waals surface area contributed by atoms with E-state index in [1.807, 2.05) is 71.6 Å². The van der Waals surface area contributed by atoms with E-state index in [2.05, 4.69) is 23.2 Å². The van der Waals surface area contributed by atoms with Gasteiger partial charge in [-0.1, -0.05) is 35.9 Å². The fourth-order valence-corrected chi connectivity index (χ4v) is 4.36. The highest BCUT2D eigenvalue weighted by atomic mass is 35.5. The highest BCUT2D eigenvalue weighted by molar-refractivity contribution is 6.30. The van der Waals surface area contributed by atoms with E-state index >= 15 is 0 Å². The molecule has 0 saturated carbocycles. The summed E-state index contributed by atoms with van der Waals surface area (Å²) in [6.07, 6.45) is 1.83. The van der Waals surface area contributed by atoms with Crippen LogP contribution in [0, 0.1) is 23.7 Å². The molecule has 0 atom stereocenters. The number of hydrogen-bond acceptors (Lipinski definition) is 3. The van der Waals surface area contributed by atoms with Crippen LogP contribution < -0.4 is 5.62 Å². The summed E-state index contributed by atoms with van der Waals surface area (Å²) in [5.41, 5.74) is 7.51. The van der Waals surface area contributed by atoms with Crippen LogP contribution in [0.5, 0.6) is 0 Å². The summed E-state index contributed by atoms with van der Waals surface area (Å²) in [5.74, 6) is 0. The molecule has 0 aliphatic carbocycles. The molecule has 0 radical (unpaired) electrons. The summed E-state index contributed by atoms with van der Waals surface area (Å²) in [6.45, 7) is 4.67. The molecule has 0 unspecified atom stereocenters. The molecule has 0 aliphatic rings. The van der Waals surface area contributed by atoms with E-state index in [1.54, 1.807) is 6.07 Å². The lowest BCUT2D eigenvalue weighted by molar-refractivity contribution is 0.698. The lowest BCUT2D eigenvalue weighted by Crippen LogP contribution is -2.23. The third kappa shape index (κ3) is 3.08. The number of fused-ring (bicyclic) bond motifs is 3. The zero-order valence-corrected chi connectivity index (χ0v) is 18.5.